The van der Waals surface area contributed by atoms with Gasteiger partial charge in [-0.05, 0) is 49.2 Å². The lowest BCUT2D eigenvalue weighted by molar-refractivity contribution is -0.694. The first-order valence-corrected chi connectivity index (χ1v) is 11.7. The van der Waals surface area contributed by atoms with Crippen molar-refractivity contribution in [3.8, 4) is 5.75 Å². The maximum atomic E-state index is 12.6. The van der Waals surface area contributed by atoms with Gasteiger partial charge < -0.3 is 27.6 Å². The molecule has 0 saturated carbocycles. The summed E-state index contributed by atoms with van der Waals surface area (Å²) in [5, 5.41) is 13.5. The van der Waals surface area contributed by atoms with E-state index in [0.29, 0.717) is 18.5 Å². The van der Waals surface area contributed by atoms with Gasteiger partial charge in [-0.1, -0.05) is 54.1 Å². The molecule has 2 unspecified atom stereocenters. The molecule has 4 rings (SSSR count). The zero-order valence-corrected chi connectivity index (χ0v) is 20.9. The topological polar surface area (TPSA) is 81.0 Å². The molecule has 3 aromatic carbocycles. The van der Waals surface area contributed by atoms with E-state index in [9.17, 15) is 9.90 Å². The van der Waals surface area contributed by atoms with Crippen LogP contribution in [0.15, 0.2) is 83.9 Å². The van der Waals surface area contributed by atoms with Crippen LogP contribution in [0.25, 0.3) is 10.9 Å². The summed E-state index contributed by atoms with van der Waals surface area (Å²) in [5.74, 6) is 0.781. The van der Waals surface area contributed by atoms with Crippen molar-refractivity contribution >= 4 is 10.9 Å². The summed E-state index contributed by atoms with van der Waals surface area (Å²) >= 11 is 0. The highest BCUT2D eigenvalue weighted by atomic mass is 35.5. The Bertz CT molecular complexity index is 1290. The van der Waals surface area contributed by atoms with Gasteiger partial charge in [0.05, 0.1) is 23.8 Å². The van der Waals surface area contributed by atoms with E-state index < -0.39 is 6.10 Å². The molecule has 3 N–H and O–H groups in total. The van der Waals surface area contributed by atoms with Crippen molar-refractivity contribution in [2.45, 2.75) is 45.6 Å². The van der Waals surface area contributed by atoms with Gasteiger partial charge in [-0.3, -0.25) is 9.36 Å². The van der Waals surface area contributed by atoms with Gasteiger partial charge >= 0.3 is 0 Å². The van der Waals surface area contributed by atoms with Crippen LogP contribution in [-0.2, 0) is 13.2 Å². The zero-order chi connectivity index (χ0) is 23.9. The summed E-state index contributed by atoms with van der Waals surface area (Å²) in [5.41, 5.74) is 3.92. The molecule has 4 aromatic rings. The van der Waals surface area contributed by atoms with Gasteiger partial charge in [0.1, 0.15) is 24.5 Å². The number of aromatic nitrogens is 2. The van der Waals surface area contributed by atoms with E-state index >= 15 is 0 Å². The van der Waals surface area contributed by atoms with Gasteiger partial charge in [-0.2, -0.15) is 0 Å². The van der Waals surface area contributed by atoms with Gasteiger partial charge in [-0.15, -0.1) is 0 Å². The minimum atomic E-state index is -0.587. The standard InChI is InChI=1S/C28H31N3O3.ClH/c1-20-7-5-8-22(17-20)18-34-24-13-11-23(12-14-24)27(32)21(2)29-15-6-16-31-19-30-26-10-4-3-9-25(26)28(31)33;/h3-5,7-14,17,19,21,27,29,32H,6,15-16,18H2,1-2H3;1H. The molecule has 35 heavy (non-hydrogen) atoms. The van der Waals surface area contributed by atoms with Crippen LogP contribution in [0.2, 0.25) is 0 Å². The Hall–Kier alpha value is -3.19. The van der Waals surface area contributed by atoms with Crippen LogP contribution in [0.1, 0.15) is 36.1 Å². The Morgan fingerprint density at radius 3 is 2.60 bits per heavy atom. The molecule has 6 nitrogen and oxygen atoms in total. The maximum Gasteiger partial charge on any atom is 0.261 e. The molecule has 0 fully saturated rings. The minimum absolute atomic E-state index is 0. The fraction of sp³-hybridized carbons (Fsp3) is 0.286. The normalized spacial score (nSPS) is 12.7. The molecule has 0 aliphatic heterocycles. The minimum Gasteiger partial charge on any atom is -1.00 e. The summed E-state index contributed by atoms with van der Waals surface area (Å²) in [4.78, 5) is 16.9. The number of fused-ring (bicyclic) bond motifs is 1. The third kappa shape index (κ3) is 6.92. The number of ether oxygens (including phenoxy) is 1. The van der Waals surface area contributed by atoms with Gasteiger partial charge in [0.15, 0.2) is 0 Å². The molecule has 0 aliphatic carbocycles. The predicted molar refractivity (Wildman–Crippen MR) is 134 cm³/mol. The summed E-state index contributed by atoms with van der Waals surface area (Å²) in [6.07, 6.45) is 1.84. The van der Waals surface area contributed by atoms with Crippen LogP contribution >= 0.6 is 0 Å². The van der Waals surface area contributed by atoms with E-state index in [1.54, 1.807) is 10.9 Å². The molecule has 1 aromatic heterocycles. The molecule has 2 atom stereocenters. The third-order valence-corrected chi connectivity index (χ3v) is 6.08. The SMILES string of the molecule is Cc1cccc(COc2ccc(C(O)C(C)[NH2+]CCCn3cnc4ccccc4c3=O)cc2)c1.[Cl-]. The van der Waals surface area contributed by atoms with Crippen molar-refractivity contribution in [1.29, 1.82) is 0 Å². The highest BCUT2D eigenvalue weighted by Gasteiger charge is 2.19. The molecule has 0 spiro atoms. The summed E-state index contributed by atoms with van der Waals surface area (Å²) in [6.45, 7) is 6.00. The Morgan fingerprint density at radius 1 is 1.06 bits per heavy atom. The predicted octanol–water partition coefficient (Wildman–Crippen LogP) is 0.364. The first-order valence-electron chi connectivity index (χ1n) is 11.7. The fourth-order valence-electron chi connectivity index (χ4n) is 4.07. The fourth-order valence-corrected chi connectivity index (χ4v) is 4.07. The lowest BCUT2D eigenvalue weighted by Gasteiger charge is -2.18. The number of hydrogen-bond donors (Lipinski definition) is 2. The molecule has 7 heteroatoms. The molecular weight excluding hydrogens is 462 g/mol. The molecule has 0 amide bonds. The van der Waals surface area contributed by atoms with E-state index in [2.05, 4.69) is 35.4 Å². The first-order chi connectivity index (χ1) is 16.5. The second-order valence-corrected chi connectivity index (χ2v) is 8.79. The number of halogens is 1. The molecule has 0 saturated heterocycles. The van der Waals surface area contributed by atoms with Crippen LogP contribution in [0.3, 0.4) is 0 Å². The lowest BCUT2D eigenvalue weighted by Crippen LogP contribution is -3.00. The average Bonchev–Trinajstić information content (AvgIpc) is 2.86. The van der Waals surface area contributed by atoms with Crippen LogP contribution in [-0.4, -0.2) is 27.2 Å². The van der Waals surface area contributed by atoms with Gasteiger partial charge in [0.25, 0.3) is 5.56 Å². The number of aliphatic hydroxyl groups is 1. The molecule has 0 radical (unpaired) electrons. The highest BCUT2D eigenvalue weighted by Crippen LogP contribution is 2.20. The van der Waals surface area contributed by atoms with E-state index in [1.807, 2.05) is 61.5 Å². The van der Waals surface area contributed by atoms with E-state index in [1.165, 1.54) is 5.56 Å². The number of aryl methyl sites for hydroxylation is 2. The smallest absolute Gasteiger partial charge is 0.261 e. The van der Waals surface area contributed by atoms with E-state index in [4.69, 9.17) is 4.74 Å². The summed E-state index contributed by atoms with van der Waals surface area (Å²) in [6, 6.07) is 23.3. The van der Waals surface area contributed by atoms with Crippen molar-refractivity contribution in [3.05, 3.63) is 106 Å². The maximum absolute atomic E-state index is 12.6. The number of para-hydroxylation sites is 1. The van der Waals surface area contributed by atoms with Crippen LogP contribution in [0, 0.1) is 6.92 Å². The highest BCUT2D eigenvalue weighted by molar-refractivity contribution is 5.76. The third-order valence-electron chi connectivity index (χ3n) is 6.08. The van der Waals surface area contributed by atoms with Crippen molar-refractivity contribution in [2.24, 2.45) is 0 Å². The number of benzene rings is 3. The first kappa shape index (κ1) is 26.4. The largest absolute Gasteiger partial charge is 1.00 e. The van der Waals surface area contributed by atoms with Gasteiger partial charge in [0, 0.05) is 13.0 Å². The molecule has 0 bridgehead atoms. The quantitative estimate of drug-likeness (QED) is 0.313. The molecule has 1 heterocycles. The molecule has 0 aliphatic rings. The number of nitrogens with zero attached hydrogens (tertiary/aromatic N) is 2. The Morgan fingerprint density at radius 2 is 1.83 bits per heavy atom. The summed E-state index contributed by atoms with van der Waals surface area (Å²) in [7, 11) is 0. The number of hydrogen-bond acceptors (Lipinski definition) is 4. The number of nitrogens with two attached hydrogens (primary N) is 1. The number of aliphatic hydroxyl groups excluding tert-OH is 1. The van der Waals surface area contributed by atoms with E-state index in [0.717, 1.165) is 35.4 Å². The number of quaternary nitrogens is 1. The second kappa shape index (κ2) is 12.5. The summed E-state index contributed by atoms with van der Waals surface area (Å²) < 4.78 is 7.54. The molecular formula is C28H32ClN3O3. The molecule has 184 valence electrons. The van der Waals surface area contributed by atoms with Crippen LogP contribution in [0.4, 0.5) is 0 Å². The van der Waals surface area contributed by atoms with Crippen molar-refractivity contribution in [3.63, 3.8) is 0 Å². The number of rotatable bonds is 10. The Kier molecular flexibility index (Phi) is 9.43. The van der Waals surface area contributed by atoms with Crippen LogP contribution < -0.4 is 28.0 Å². The van der Waals surface area contributed by atoms with E-state index in [-0.39, 0.29) is 24.0 Å². The Labute approximate surface area is 212 Å². The van der Waals surface area contributed by atoms with Gasteiger partial charge in [-0.25, -0.2) is 4.98 Å². The van der Waals surface area contributed by atoms with Crippen LogP contribution in [0.5, 0.6) is 5.75 Å². The Balaban J connectivity index is 0.00000342. The second-order valence-electron chi connectivity index (χ2n) is 8.79. The monoisotopic (exact) mass is 493 g/mol. The van der Waals surface area contributed by atoms with Crippen molar-refractivity contribution < 1.29 is 27.6 Å². The van der Waals surface area contributed by atoms with Crippen molar-refractivity contribution in [2.75, 3.05) is 6.54 Å². The van der Waals surface area contributed by atoms with Gasteiger partial charge in [0.2, 0.25) is 0 Å². The van der Waals surface area contributed by atoms with Crippen molar-refractivity contribution in [1.82, 2.24) is 9.55 Å². The zero-order valence-electron chi connectivity index (χ0n) is 20.1. The average molecular weight is 494 g/mol. The lowest BCUT2D eigenvalue weighted by atomic mass is 10.0.